The van der Waals surface area contributed by atoms with Crippen molar-refractivity contribution in [3.63, 3.8) is 0 Å². The minimum Gasteiger partial charge on any atom is -0.370 e. The summed E-state index contributed by atoms with van der Waals surface area (Å²) in [5, 5.41) is 7.89. The SMILES string of the molecule is CCNc1cc(C)nc(Cn2cc(Cl)cn2)n1. The number of aryl methyl sites for hydroxylation is 1. The predicted octanol–water partition coefficient (Wildman–Crippen LogP) is 2.12. The normalized spacial score (nSPS) is 10.5. The van der Waals surface area contributed by atoms with Crippen LogP contribution >= 0.6 is 11.6 Å². The lowest BCUT2D eigenvalue weighted by atomic mass is 10.4. The molecule has 0 spiro atoms. The van der Waals surface area contributed by atoms with Gasteiger partial charge in [-0.15, -0.1) is 0 Å². The van der Waals surface area contributed by atoms with Gasteiger partial charge in [0, 0.05) is 24.5 Å². The topological polar surface area (TPSA) is 55.6 Å². The smallest absolute Gasteiger partial charge is 0.152 e. The Morgan fingerprint density at radius 3 is 2.88 bits per heavy atom. The van der Waals surface area contributed by atoms with Gasteiger partial charge in [0.2, 0.25) is 0 Å². The lowest BCUT2D eigenvalue weighted by molar-refractivity contribution is 0.653. The van der Waals surface area contributed by atoms with E-state index in [2.05, 4.69) is 20.4 Å². The number of hydrogen-bond acceptors (Lipinski definition) is 4. The van der Waals surface area contributed by atoms with Crippen molar-refractivity contribution in [1.29, 1.82) is 0 Å². The van der Waals surface area contributed by atoms with Crippen molar-refractivity contribution in [1.82, 2.24) is 19.7 Å². The maximum Gasteiger partial charge on any atom is 0.152 e. The minimum atomic E-state index is 0.521. The van der Waals surface area contributed by atoms with Crippen LogP contribution in [0.5, 0.6) is 0 Å². The molecule has 0 aliphatic rings. The second-order valence-electron chi connectivity index (χ2n) is 3.70. The Kier molecular flexibility index (Phi) is 3.58. The lowest BCUT2D eigenvalue weighted by Gasteiger charge is -2.06. The predicted molar refractivity (Wildman–Crippen MR) is 67.3 cm³/mol. The Morgan fingerprint density at radius 1 is 1.41 bits per heavy atom. The summed E-state index contributed by atoms with van der Waals surface area (Å²) in [5.41, 5.74) is 0.934. The molecule has 0 fully saturated rings. The Labute approximate surface area is 105 Å². The van der Waals surface area contributed by atoms with Crippen LogP contribution in [0.15, 0.2) is 18.5 Å². The standard InChI is InChI=1S/C11H14ClN5/c1-3-13-10-4-8(2)15-11(16-10)7-17-6-9(12)5-14-17/h4-6H,3,7H2,1-2H3,(H,13,15,16). The molecular formula is C11H14ClN5. The zero-order valence-corrected chi connectivity index (χ0v) is 10.6. The highest BCUT2D eigenvalue weighted by molar-refractivity contribution is 6.30. The van der Waals surface area contributed by atoms with Crippen molar-refractivity contribution >= 4 is 17.4 Å². The van der Waals surface area contributed by atoms with Gasteiger partial charge < -0.3 is 5.32 Å². The minimum absolute atomic E-state index is 0.521. The molecule has 0 saturated carbocycles. The van der Waals surface area contributed by atoms with E-state index < -0.39 is 0 Å². The monoisotopic (exact) mass is 251 g/mol. The molecule has 2 rings (SSSR count). The molecule has 0 unspecified atom stereocenters. The molecule has 0 aliphatic carbocycles. The zero-order chi connectivity index (χ0) is 12.3. The van der Waals surface area contributed by atoms with Gasteiger partial charge in [-0.2, -0.15) is 5.10 Å². The Bertz CT molecular complexity index is 508. The van der Waals surface area contributed by atoms with E-state index in [1.165, 1.54) is 0 Å². The summed E-state index contributed by atoms with van der Waals surface area (Å²) < 4.78 is 1.72. The molecule has 0 saturated heterocycles. The third kappa shape index (κ3) is 3.17. The Hall–Kier alpha value is -1.62. The summed E-state index contributed by atoms with van der Waals surface area (Å²) in [6.45, 7) is 5.34. The summed E-state index contributed by atoms with van der Waals surface area (Å²) in [4.78, 5) is 8.77. The van der Waals surface area contributed by atoms with Gasteiger partial charge in [0.1, 0.15) is 12.4 Å². The molecule has 1 N–H and O–H groups in total. The van der Waals surface area contributed by atoms with Gasteiger partial charge in [0.05, 0.1) is 11.2 Å². The first kappa shape index (κ1) is 11.9. The fourth-order valence-electron chi connectivity index (χ4n) is 1.54. The number of nitrogens with one attached hydrogen (secondary N) is 1. The Morgan fingerprint density at radius 2 is 2.24 bits per heavy atom. The van der Waals surface area contributed by atoms with E-state index in [-0.39, 0.29) is 0 Å². The maximum absolute atomic E-state index is 5.80. The molecule has 90 valence electrons. The molecule has 5 nitrogen and oxygen atoms in total. The third-order valence-corrected chi connectivity index (χ3v) is 2.36. The fourth-order valence-corrected chi connectivity index (χ4v) is 1.70. The van der Waals surface area contributed by atoms with Gasteiger partial charge in [-0.25, -0.2) is 9.97 Å². The summed E-state index contributed by atoms with van der Waals surface area (Å²) in [6.07, 6.45) is 3.35. The van der Waals surface area contributed by atoms with Crippen LogP contribution in [0.25, 0.3) is 0 Å². The molecule has 17 heavy (non-hydrogen) atoms. The molecule has 0 atom stereocenters. The third-order valence-electron chi connectivity index (χ3n) is 2.16. The van der Waals surface area contributed by atoms with E-state index in [9.17, 15) is 0 Å². The number of aromatic nitrogens is 4. The van der Waals surface area contributed by atoms with Crippen LogP contribution in [-0.4, -0.2) is 26.3 Å². The zero-order valence-electron chi connectivity index (χ0n) is 9.81. The van der Waals surface area contributed by atoms with Crippen LogP contribution in [0, 0.1) is 6.92 Å². The highest BCUT2D eigenvalue weighted by Crippen LogP contribution is 2.09. The largest absolute Gasteiger partial charge is 0.370 e. The highest BCUT2D eigenvalue weighted by Gasteiger charge is 2.03. The number of anilines is 1. The molecule has 0 radical (unpaired) electrons. The first-order valence-electron chi connectivity index (χ1n) is 5.43. The number of rotatable bonds is 4. The second-order valence-corrected chi connectivity index (χ2v) is 4.13. The van der Waals surface area contributed by atoms with Crippen LogP contribution in [-0.2, 0) is 6.54 Å². The number of halogens is 1. The van der Waals surface area contributed by atoms with E-state index in [1.807, 2.05) is 19.9 Å². The molecular weight excluding hydrogens is 238 g/mol. The maximum atomic E-state index is 5.80. The molecule has 0 amide bonds. The average Bonchev–Trinajstić information content (AvgIpc) is 2.63. The van der Waals surface area contributed by atoms with Crippen molar-refractivity contribution in [2.45, 2.75) is 20.4 Å². The van der Waals surface area contributed by atoms with Crippen molar-refractivity contribution in [3.8, 4) is 0 Å². The van der Waals surface area contributed by atoms with Gasteiger partial charge in [-0.05, 0) is 13.8 Å². The molecule has 0 aromatic carbocycles. The van der Waals surface area contributed by atoms with Crippen LogP contribution in [0.2, 0.25) is 5.02 Å². The van der Waals surface area contributed by atoms with E-state index in [4.69, 9.17) is 11.6 Å². The number of nitrogens with zero attached hydrogens (tertiary/aromatic N) is 4. The molecule has 0 bridgehead atoms. The molecule has 2 aromatic rings. The van der Waals surface area contributed by atoms with Crippen LogP contribution in [0.4, 0.5) is 5.82 Å². The van der Waals surface area contributed by atoms with Crippen molar-refractivity contribution in [3.05, 3.63) is 35.0 Å². The van der Waals surface area contributed by atoms with Gasteiger partial charge in [-0.3, -0.25) is 4.68 Å². The fraction of sp³-hybridized carbons (Fsp3) is 0.364. The van der Waals surface area contributed by atoms with Crippen molar-refractivity contribution in [2.24, 2.45) is 0 Å². The number of hydrogen-bond donors (Lipinski definition) is 1. The summed E-state index contributed by atoms with van der Waals surface area (Å²) in [6, 6.07) is 1.92. The molecule has 0 aliphatic heterocycles. The van der Waals surface area contributed by atoms with Gasteiger partial charge in [-0.1, -0.05) is 11.6 Å². The molecule has 6 heteroatoms. The highest BCUT2D eigenvalue weighted by atomic mass is 35.5. The summed E-state index contributed by atoms with van der Waals surface area (Å²) in [5.74, 6) is 1.56. The second kappa shape index (κ2) is 5.14. The van der Waals surface area contributed by atoms with Crippen LogP contribution in [0.1, 0.15) is 18.4 Å². The van der Waals surface area contributed by atoms with Crippen molar-refractivity contribution < 1.29 is 0 Å². The van der Waals surface area contributed by atoms with E-state index >= 15 is 0 Å². The lowest BCUT2D eigenvalue weighted by Crippen LogP contribution is -2.08. The van der Waals surface area contributed by atoms with Gasteiger partial charge in [0.25, 0.3) is 0 Å². The Balaban J connectivity index is 2.20. The quantitative estimate of drug-likeness (QED) is 0.904. The molecule has 2 aromatic heterocycles. The van der Waals surface area contributed by atoms with E-state index in [1.54, 1.807) is 17.1 Å². The van der Waals surface area contributed by atoms with Crippen LogP contribution in [0.3, 0.4) is 0 Å². The van der Waals surface area contributed by atoms with Gasteiger partial charge >= 0.3 is 0 Å². The van der Waals surface area contributed by atoms with Crippen LogP contribution < -0.4 is 5.32 Å². The first-order valence-corrected chi connectivity index (χ1v) is 5.81. The van der Waals surface area contributed by atoms with E-state index in [0.717, 1.165) is 23.9 Å². The first-order chi connectivity index (χ1) is 8.17. The van der Waals surface area contributed by atoms with Crippen molar-refractivity contribution in [2.75, 3.05) is 11.9 Å². The van der Waals surface area contributed by atoms with Gasteiger partial charge in [0.15, 0.2) is 5.82 Å². The van der Waals surface area contributed by atoms with E-state index in [0.29, 0.717) is 11.6 Å². The average molecular weight is 252 g/mol. The summed E-state index contributed by atoms with van der Waals surface area (Å²) >= 11 is 5.80. The molecule has 2 heterocycles. The summed E-state index contributed by atoms with van der Waals surface area (Å²) in [7, 11) is 0.